The van der Waals surface area contributed by atoms with Crippen LogP contribution in [0.25, 0.3) is 10.9 Å². The Hall–Kier alpha value is -2.95. The largest absolute Gasteiger partial charge is 0.493 e. The molecule has 2 heterocycles. The standard InChI is InChI=1S/C23H26N2O3/c1-24-15-18(17-6-4-5-7-19(17)24)20-9-11-23(26)25(20)13-12-16-8-10-21(27-2)22(14-16)28-3/h4-8,10,14-15,20H,9,11-13H2,1-3H3. The van der Waals surface area contributed by atoms with Gasteiger partial charge in [-0.3, -0.25) is 4.79 Å². The summed E-state index contributed by atoms with van der Waals surface area (Å²) in [4.78, 5) is 14.7. The Labute approximate surface area is 165 Å². The number of benzene rings is 2. The molecule has 1 aliphatic rings. The summed E-state index contributed by atoms with van der Waals surface area (Å²) < 4.78 is 12.9. The third-order valence-corrected chi connectivity index (χ3v) is 5.70. The van der Waals surface area contributed by atoms with Gasteiger partial charge in [-0.25, -0.2) is 0 Å². The van der Waals surface area contributed by atoms with E-state index in [1.54, 1.807) is 14.2 Å². The number of fused-ring (bicyclic) bond motifs is 1. The van der Waals surface area contributed by atoms with Crippen molar-refractivity contribution in [2.45, 2.75) is 25.3 Å². The number of methoxy groups -OCH3 is 2. The van der Waals surface area contributed by atoms with Crippen LogP contribution in [0.4, 0.5) is 0 Å². The topological polar surface area (TPSA) is 43.7 Å². The number of likely N-dealkylation sites (tertiary alicyclic amines) is 1. The highest BCUT2D eigenvalue weighted by atomic mass is 16.5. The summed E-state index contributed by atoms with van der Waals surface area (Å²) in [5, 5.41) is 1.24. The first-order valence-electron chi connectivity index (χ1n) is 9.66. The lowest BCUT2D eigenvalue weighted by atomic mass is 10.0. The van der Waals surface area contributed by atoms with Gasteiger partial charge >= 0.3 is 0 Å². The Morgan fingerprint density at radius 3 is 2.64 bits per heavy atom. The first-order chi connectivity index (χ1) is 13.6. The van der Waals surface area contributed by atoms with E-state index in [2.05, 4.69) is 42.1 Å². The summed E-state index contributed by atoms with van der Waals surface area (Å²) in [5.41, 5.74) is 3.59. The second kappa shape index (κ2) is 7.58. The zero-order chi connectivity index (χ0) is 19.7. The number of amides is 1. The van der Waals surface area contributed by atoms with Crippen LogP contribution in [0.15, 0.2) is 48.7 Å². The summed E-state index contributed by atoms with van der Waals surface area (Å²) >= 11 is 0. The number of carbonyl (C=O) groups excluding carboxylic acids is 1. The number of aryl methyl sites for hydroxylation is 1. The third-order valence-electron chi connectivity index (χ3n) is 5.70. The zero-order valence-electron chi connectivity index (χ0n) is 16.6. The van der Waals surface area contributed by atoms with Gasteiger partial charge in [0.2, 0.25) is 5.91 Å². The predicted octanol–water partition coefficient (Wildman–Crippen LogP) is 4.10. The van der Waals surface area contributed by atoms with E-state index in [-0.39, 0.29) is 11.9 Å². The Bertz CT molecular complexity index is 1010. The van der Waals surface area contributed by atoms with E-state index in [1.807, 2.05) is 23.1 Å². The van der Waals surface area contributed by atoms with Crippen molar-refractivity contribution in [3.63, 3.8) is 0 Å². The Morgan fingerprint density at radius 1 is 1.07 bits per heavy atom. The molecule has 0 radical (unpaired) electrons. The number of hydrogen-bond acceptors (Lipinski definition) is 3. The smallest absolute Gasteiger partial charge is 0.223 e. The molecule has 0 saturated carbocycles. The van der Waals surface area contributed by atoms with Crippen molar-refractivity contribution in [1.82, 2.24) is 9.47 Å². The van der Waals surface area contributed by atoms with Gasteiger partial charge < -0.3 is 18.9 Å². The van der Waals surface area contributed by atoms with Gasteiger partial charge in [0.15, 0.2) is 11.5 Å². The van der Waals surface area contributed by atoms with Gasteiger partial charge in [-0.15, -0.1) is 0 Å². The summed E-state index contributed by atoms with van der Waals surface area (Å²) in [6.45, 7) is 0.697. The van der Waals surface area contributed by atoms with Gasteiger partial charge in [-0.1, -0.05) is 24.3 Å². The monoisotopic (exact) mass is 378 g/mol. The molecular weight excluding hydrogens is 352 g/mol. The molecule has 0 aliphatic carbocycles. The maximum atomic E-state index is 12.6. The van der Waals surface area contributed by atoms with Crippen molar-refractivity contribution in [2.24, 2.45) is 7.05 Å². The van der Waals surface area contributed by atoms with Crippen molar-refractivity contribution in [1.29, 1.82) is 0 Å². The minimum absolute atomic E-state index is 0.138. The average molecular weight is 378 g/mol. The van der Waals surface area contributed by atoms with Crippen LogP contribution in [-0.4, -0.2) is 36.1 Å². The number of para-hydroxylation sites is 1. The van der Waals surface area contributed by atoms with E-state index < -0.39 is 0 Å². The molecule has 2 aromatic carbocycles. The molecule has 0 spiro atoms. The Morgan fingerprint density at radius 2 is 1.86 bits per heavy atom. The summed E-state index contributed by atoms with van der Waals surface area (Å²) in [6.07, 6.45) is 4.45. The van der Waals surface area contributed by atoms with Gasteiger partial charge in [-0.05, 0) is 36.6 Å². The van der Waals surface area contributed by atoms with Gasteiger partial charge in [0, 0.05) is 42.7 Å². The summed E-state index contributed by atoms with van der Waals surface area (Å²) in [5.74, 6) is 1.67. The van der Waals surface area contributed by atoms with Crippen LogP contribution in [0.5, 0.6) is 11.5 Å². The SMILES string of the molecule is COc1ccc(CCN2C(=O)CCC2c2cn(C)c3ccccc23)cc1OC. The van der Waals surface area contributed by atoms with Gasteiger partial charge in [0.05, 0.1) is 20.3 Å². The van der Waals surface area contributed by atoms with Crippen LogP contribution >= 0.6 is 0 Å². The van der Waals surface area contributed by atoms with E-state index in [9.17, 15) is 4.79 Å². The predicted molar refractivity (Wildman–Crippen MR) is 110 cm³/mol. The molecule has 1 amide bonds. The molecule has 4 rings (SSSR count). The highest BCUT2D eigenvalue weighted by Crippen LogP contribution is 2.37. The van der Waals surface area contributed by atoms with Crippen LogP contribution in [0, 0.1) is 0 Å². The molecule has 1 atom stereocenters. The van der Waals surface area contributed by atoms with Crippen LogP contribution in [0.2, 0.25) is 0 Å². The number of rotatable bonds is 6. The average Bonchev–Trinajstić information content (AvgIpc) is 3.26. The molecular formula is C23H26N2O3. The fourth-order valence-electron chi connectivity index (χ4n) is 4.26. The molecule has 146 valence electrons. The van der Waals surface area contributed by atoms with Crippen LogP contribution in [-0.2, 0) is 18.3 Å². The van der Waals surface area contributed by atoms with Gasteiger partial charge in [0.1, 0.15) is 0 Å². The van der Waals surface area contributed by atoms with E-state index in [1.165, 1.54) is 16.5 Å². The Balaban J connectivity index is 1.57. The van der Waals surface area contributed by atoms with Crippen LogP contribution in [0.1, 0.15) is 30.0 Å². The van der Waals surface area contributed by atoms with Crippen LogP contribution < -0.4 is 9.47 Å². The van der Waals surface area contributed by atoms with Crippen molar-refractivity contribution >= 4 is 16.8 Å². The number of ether oxygens (including phenoxy) is 2. The maximum Gasteiger partial charge on any atom is 0.223 e. The molecule has 5 nitrogen and oxygen atoms in total. The lowest BCUT2D eigenvalue weighted by Crippen LogP contribution is -2.29. The molecule has 5 heteroatoms. The molecule has 0 bridgehead atoms. The lowest BCUT2D eigenvalue weighted by molar-refractivity contribution is -0.129. The van der Waals surface area contributed by atoms with E-state index in [4.69, 9.17) is 9.47 Å². The second-order valence-electron chi connectivity index (χ2n) is 7.29. The highest BCUT2D eigenvalue weighted by Gasteiger charge is 2.33. The molecule has 1 aromatic heterocycles. The summed E-state index contributed by atoms with van der Waals surface area (Å²) in [7, 11) is 5.34. The van der Waals surface area contributed by atoms with Gasteiger partial charge in [-0.2, -0.15) is 0 Å². The maximum absolute atomic E-state index is 12.6. The molecule has 1 fully saturated rings. The fourth-order valence-corrected chi connectivity index (χ4v) is 4.26. The Kier molecular flexibility index (Phi) is 4.99. The fraction of sp³-hybridized carbons (Fsp3) is 0.348. The minimum Gasteiger partial charge on any atom is -0.493 e. The third kappa shape index (κ3) is 3.21. The highest BCUT2D eigenvalue weighted by molar-refractivity contribution is 5.86. The van der Waals surface area contributed by atoms with Crippen LogP contribution in [0.3, 0.4) is 0 Å². The second-order valence-corrected chi connectivity index (χ2v) is 7.29. The number of hydrogen-bond donors (Lipinski definition) is 0. The quantitative estimate of drug-likeness (QED) is 0.649. The van der Waals surface area contributed by atoms with Crippen molar-refractivity contribution in [2.75, 3.05) is 20.8 Å². The van der Waals surface area contributed by atoms with E-state index >= 15 is 0 Å². The van der Waals surface area contributed by atoms with Crippen molar-refractivity contribution in [3.8, 4) is 11.5 Å². The van der Waals surface area contributed by atoms with Crippen molar-refractivity contribution in [3.05, 3.63) is 59.8 Å². The number of carbonyl (C=O) groups is 1. The molecule has 3 aromatic rings. The summed E-state index contributed by atoms with van der Waals surface area (Å²) in [6, 6.07) is 14.5. The normalized spacial score (nSPS) is 16.8. The van der Waals surface area contributed by atoms with Crippen molar-refractivity contribution < 1.29 is 14.3 Å². The van der Waals surface area contributed by atoms with E-state index in [0.29, 0.717) is 13.0 Å². The first-order valence-corrected chi connectivity index (χ1v) is 9.66. The lowest BCUT2D eigenvalue weighted by Gasteiger charge is -2.25. The molecule has 1 saturated heterocycles. The molecule has 0 N–H and O–H groups in total. The first kappa shape index (κ1) is 18.4. The molecule has 1 unspecified atom stereocenters. The van der Waals surface area contributed by atoms with E-state index in [0.717, 1.165) is 29.9 Å². The zero-order valence-corrected chi connectivity index (χ0v) is 16.6. The molecule has 28 heavy (non-hydrogen) atoms. The number of nitrogens with zero attached hydrogens (tertiary/aromatic N) is 2. The minimum atomic E-state index is 0.138. The number of aromatic nitrogens is 1. The molecule has 1 aliphatic heterocycles. The van der Waals surface area contributed by atoms with Gasteiger partial charge in [0.25, 0.3) is 0 Å².